The zero-order chi connectivity index (χ0) is 21.8. The number of hydrogen-bond donors (Lipinski definition) is 3. The summed E-state index contributed by atoms with van der Waals surface area (Å²) in [5.74, 6) is -2.29. The normalized spacial score (nSPS) is 13.7. The molecule has 0 aliphatic rings. The van der Waals surface area contributed by atoms with Crippen molar-refractivity contribution in [3.8, 4) is 0 Å². The summed E-state index contributed by atoms with van der Waals surface area (Å²) in [7, 11) is 0. The highest BCUT2D eigenvalue weighted by atomic mass is 16.6. The second kappa shape index (κ2) is 12.6. The van der Waals surface area contributed by atoms with E-state index in [1.807, 2.05) is 30.3 Å². The molecule has 1 rings (SSSR count). The summed E-state index contributed by atoms with van der Waals surface area (Å²) in [5, 5.41) is 4.98. The van der Waals surface area contributed by atoms with Gasteiger partial charge in [0, 0.05) is 12.3 Å². The smallest absolute Gasteiger partial charge is 0.332 e. The van der Waals surface area contributed by atoms with Crippen LogP contribution in [0, 0.1) is 5.92 Å². The van der Waals surface area contributed by atoms with Crippen LogP contribution in [0.15, 0.2) is 30.3 Å². The minimum atomic E-state index is -0.737. The molecule has 0 radical (unpaired) electrons. The number of benzene rings is 1. The quantitative estimate of drug-likeness (QED) is 0.257. The van der Waals surface area contributed by atoms with E-state index in [1.54, 1.807) is 6.92 Å². The summed E-state index contributed by atoms with van der Waals surface area (Å²) in [6.07, 6.45) is -0.0502. The predicted octanol–water partition coefficient (Wildman–Crippen LogP) is 0.267. The minimum absolute atomic E-state index is 0.0502. The Kier molecular flexibility index (Phi) is 10.6. The Balaban J connectivity index is 2.22. The summed E-state index contributed by atoms with van der Waals surface area (Å²) < 4.78 is 10.1. The third kappa shape index (κ3) is 9.82. The lowest BCUT2D eigenvalue weighted by molar-refractivity contribution is -0.151. The van der Waals surface area contributed by atoms with Crippen LogP contribution < -0.4 is 16.4 Å². The van der Waals surface area contributed by atoms with E-state index in [0.717, 1.165) is 5.56 Å². The molecule has 0 heterocycles. The summed E-state index contributed by atoms with van der Waals surface area (Å²) in [5.41, 5.74) is 6.30. The van der Waals surface area contributed by atoms with Crippen LogP contribution in [0.1, 0.15) is 32.8 Å². The number of hydrogen-bond acceptors (Lipinski definition) is 7. The fraction of sp³-hybridized carbons (Fsp3) is 0.500. The van der Waals surface area contributed by atoms with Crippen molar-refractivity contribution in [1.29, 1.82) is 0 Å². The van der Waals surface area contributed by atoms with Gasteiger partial charge in [0.15, 0.2) is 5.78 Å². The highest BCUT2D eigenvalue weighted by Crippen LogP contribution is 2.05. The van der Waals surface area contributed by atoms with E-state index in [4.69, 9.17) is 15.2 Å². The largest absolute Gasteiger partial charge is 0.459 e. The van der Waals surface area contributed by atoms with Crippen LogP contribution in [-0.4, -0.2) is 49.0 Å². The van der Waals surface area contributed by atoms with E-state index in [2.05, 4.69) is 10.6 Å². The number of carbonyl (C=O) groups excluding carboxylic acids is 4. The van der Waals surface area contributed by atoms with Gasteiger partial charge in [-0.3, -0.25) is 14.4 Å². The number of carbonyl (C=O) groups is 4. The fourth-order valence-corrected chi connectivity index (χ4v) is 2.21. The monoisotopic (exact) mass is 407 g/mol. The van der Waals surface area contributed by atoms with Crippen molar-refractivity contribution in [1.82, 2.24) is 10.6 Å². The van der Waals surface area contributed by atoms with Gasteiger partial charge in [-0.05, 0) is 19.4 Å². The number of ketones is 1. The number of rotatable bonds is 12. The van der Waals surface area contributed by atoms with Gasteiger partial charge in [0.25, 0.3) is 0 Å². The van der Waals surface area contributed by atoms with Gasteiger partial charge in [-0.15, -0.1) is 0 Å². The van der Waals surface area contributed by atoms with Crippen LogP contribution in [0.2, 0.25) is 0 Å². The molecule has 2 amide bonds. The molecule has 1 aromatic rings. The maximum Gasteiger partial charge on any atom is 0.332 e. The Morgan fingerprint density at radius 3 is 2.31 bits per heavy atom. The molecule has 4 N–H and O–H groups in total. The maximum atomic E-state index is 12.1. The van der Waals surface area contributed by atoms with Crippen molar-refractivity contribution in [2.45, 2.75) is 45.9 Å². The van der Waals surface area contributed by atoms with Crippen molar-refractivity contribution in [2.75, 3.05) is 13.3 Å². The lowest BCUT2D eigenvalue weighted by Crippen LogP contribution is -2.46. The molecule has 29 heavy (non-hydrogen) atoms. The zero-order valence-corrected chi connectivity index (χ0v) is 17.0. The molecule has 160 valence electrons. The highest BCUT2D eigenvalue weighted by Gasteiger charge is 2.22. The first-order valence-corrected chi connectivity index (χ1v) is 9.34. The molecule has 0 spiro atoms. The first-order chi connectivity index (χ1) is 13.7. The molecule has 9 heteroatoms. The Labute approximate surface area is 170 Å². The third-order valence-electron chi connectivity index (χ3n) is 4.02. The number of nitrogens with one attached hydrogen (secondary N) is 2. The summed E-state index contributed by atoms with van der Waals surface area (Å²) >= 11 is 0. The van der Waals surface area contributed by atoms with Crippen LogP contribution in [-0.2, 0) is 35.3 Å². The summed E-state index contributed by atoms with van der Waals surface area (Å²) in [6, 6.07) is 7.76. The van der Waals surface area contributed by atoms with Gasteiger partial charge in [-0.25, -0.2) is 4.79 Å². The Hall–Kier alpha value is -2.78. The van der Waals surface area contributed by atoms with E-state index in [-0.39, 0.29) is 32.1 Å². The average molecular weight is 407 g/mol. The Bertz CT molecular complexity index is 693. The van der Waals surface area contributed by atoms with Crippen molar-refractivity contribution in [3.63, 3.8) is 0 Å². The van der Waals surface area contributed by atoms with Crippen molar-refractivity contribution < 1.29 is 28.7 Å². The highest BCUT2D eigenvalue weighted by molar-refractivity contribution is 5.92. The standard InChI is InChI=1S/C20H29N3O6/c1-13(9-17(24)15(3)23-20(27)14(2)21)19(26)22-12-28-11-18(25)29-10-16-7-5-4-6-8-16/h4-8,13-15H,9-12,21H2,1-3H3,(H,22,26)(H,23,27)/t13-,14+,15-/m1/s1. The molecule has 0 fully saturated rings. The van der Waals surface area contributed by atoms with Gasteiger partial charge >= 0.3 is 5.97 Å². The topological polar surface area (TPSA) is 137 Å². The lowest BCUT2D eigenvalue weighted by Gasteiger charge is -2.17. The third-order valence-corrected chi connectivity index (χ3v) is 4.02. The average Bonchev–Trinajstić information content (AvgIpc) is 2.69. The van der Waals surface area contributed by atoms with E-state index in [1.165, 1.54) is 13.8 Å². The molecule has 0 saturated carbocycles. The number of amides is 2. The molecule has 0 aromatic heterocycles. The molecule has 0 bridgehead atoms. The van der Waals surface area contributed by atoms with Crippen LogP contribution >= 0.6 is 0 Å². The second-order valence-electron chi connectivity index (χ2n) is 6.77. The first kappa shape index (κ1) is 24.3. The van der Waals surface area contributed by atoms with Gasteiger partial charge in [-0.2, -0.15) is 0 Å². The summed E-state index contributed by atoms with van der Waals surface area (Å²) in [6.45, 7) is 4.29. The molecular formula is C20H29N3O6. The number of esters is 1. The number of ether oxygens (including phenoxy) is 2. The van der Waals surface area contributed by atoms with Gasteiger partial charge in [0.1, 0.15) is 19.9 Å². The fourth-order valence-electron chi connectivity index (χ4n) is 2.21. The van der Waals surface area contributed by atoms with Crippen molar-refractivity contribution >= 4 is 23.6 Å². The van der Waals surface area contributed by atoms with E-state index >= 15 is 0 Å². The maximum absolute atomic E-state index is 12.1. The van der Waals surface area contributed by atoms with Crippen molar-refractivity contribution in [2.24, 2.45) is 11.7 Å². The number of Topliss-reactive ketones (excluding diaryl/α,β-unsaturated/α-hetero) is 1. The summed E-state index contributed by atoms with van der Waals surface area (Å²) in [4.78, 5) is 47.2. The molecule has 1 aromatic carbocycles. The number of nitrogens with two attached hydrogens (primary N) is 1. The first-order valence-electron chi connectivity index (χ1n) is 9.34. The van der Waals surface area contributed by atoms with Crippen LogP contribution in [0.25, 0.3) is 0 Å². The Morgan fingerprint density at radius 2 is 1.69 bits per heavy atom. The lowest BCUT2D eigenvalue weighted by atomic mass is 10.00. The van der Waals surface area contributed by atoms with Crippen LogP contribution in [0.3, 0.4) is 0 Å². The molecule has 0 aliphatic heterocycles. The molecule has 0 unspecified atom stereocenters. The van der Waals surface area contributed by atoms with Gasteiger partial charge < -0.3 is 25.8 Å². The van der Waals surface area contributed by atoms with Crippen LogP contribution in [0.4, 0.5) is 0 Å². The van der Waals surface area contributed by atoms with E-state index < -0.39 is 35.8 Å². The van der Waals surface area contributed by atoms with E-state index in [9.17, 15) is 19.2 Å². The van der Waals surface area contributed by atoms with Crippen molar-refractivity contribution in [3.05, 3.63) is 35.9 Å². The predicted molar refractivity (Wildman–Crippen MR) is 105 cm³/mol. The Morgan fingerprint density at radius 1 is 1.03 bits per heavy atom. The van der Waals surface area contributed by atoms with Gasteiger partial charge in [0.2, 0.25) is 11.8 Å². The zero-order valence-electron chi connectivity index (χ0n) is 17.0. The molecular weight excluding hydrogens is 378 g/mol. The molecule has 0 aliphatic carbocycles. The molecule has 0 saturated heterocycles. The van der Waals surface area contributed by atoms with Crippen LogP contribution in [0.5, 0.6) is 0 Å². The SMILES string of the molecule is C[C@H](N)C(=O)N[C@H](C)C(=O)C[C@@H](C)C(=O)NCOCC(=O)OCc1ccccc1. The molecule has 9 nitrogen and oxygen atoms in total. The molecule has 3 atom stereocenters. The van der Waals surface area contributed by atoms with E-state index in [0.29, 0.717) is 0 Å². The second-order valence-corrected chi connectivity index (χ2v) is 6.77. The van der Waals surface area contributed by atoms with Gasteiger partial charge in [0.05, 0.1) is 12.1 Å². The minimum Gasteiger partial charge on any atom is -0.459 e. The van der Waals surface area contributed by atoms with Gasteiger partial charge in [-0.1, -0.05) is 37.3 Å².